The molecule has 0 aromatic carbocycles. The summed E-state index contributed by atoms with van der Waals surface area (Å²) in [4.78, 5) is 76.8. The van der Waals surface area contributed by atoms with E-state index in [1.807, 2.05) is 36.0 Å². The fourth-order valence-corrected chi connectivity index (χ4v) is 8.47. The normalized spacial score (nSPS) is 17.6. The molecule has 19 nitrogen and oxygen atoms in total. The lowest BCUT2D eigenvalue weighted by atomic mass is 9.89. The Balaban J connectivity index is 0.785. The molecule has 6 heterocycles. The Morgan fingerprint density at radius 2 is 1.63 bits per heavy atom. The standard InChI is InChI=1S/C44H54N14O5/c1-26-33-25-47-44(52-41(33)58(29-8-6-7-9-29)43(62)39(26)27(2)59)51-35-12-10-30(24-46-35)56-17-19-57(20-18-56)38(60)16-21-63-31-22-28(23-31)48-40-32(11-13-34(45-3)49-40)42(61)50-36-14-15-37(54-53-36)55(4)5/h10-15,24-25,28-29,31H,6-9,16-23H2,1-5H3,(H2,45,48,49)(H,50,53,61)(H,46,47,51,52). The van der Waals surface area contributed by atoms with Crippen molar-refractivity contribution in [1.82, 2.24) is 39.6 Å². The zero-order valence-corrected chi connectivity index (χ0v) is 36.3. The van der Waals surface area contributed by atoms with E-state index in [4.69, 9.17) is 9.72 Å². The van der Waals surface area contributed by atoms with E-state index in [1.165, 1.54) is 6.92 Å². The van der Waals surface area contributed by atoms with Gasteiger partial charge < -0.3 is 40.7 Å². The number of carbonyl (C=O) groups is 3. The topological polar surface area (TPSA) is 218 Å². The minimum Gasteiger partial charge on any atom is -0.378 e. The van der Waals surface area contributed by atoms with Crippen molar-refractivity contribution in [2.75, 3.05) is 85.0 Å². The molecular formula is C44H54N14O5. The van der Waals surface area contributed by atoms with Gasteiger partial charge in [-0.2, -0.15) is 4.98 Å². The van der Waals surface area contributed by atoms with Crippen LogP contribution in [0.3, 0.4) is 0 Å². The van der Waals surface area contributed by atoms with Crippen LogP contribution in [-0.2, 0) is 9.53 Å². The Morgan fingerprint density at radius 3 is 2.30 bits per heavy atom. The quantitative estimate of drug-likeness (QED) is 0.104. The minimum atomic E-state index is -0.349. The third kappa shape index (κ3) is 9.52. The van der Waals surface area contributed by atoms with Gasteiger partial charge in [0.1, 0.15) is 23.1 Å². The van der Waals surface area contributed by atoms with Crippen LogP contribution in [0.5, 0.6) is 0 Å². The fraction of sp³-hybridized carbons (Fsp3) is 0.455. The molecule has 3 fully saturated rings. The van der Waals surface area contributed by atoms with Crippen molar-refractivity contribution in [2.24, 2.45) is 0 Å². The lowest BCUT2D eigenvalue weighted by Gasteiger charge is -2.37. The molecule has 0 atom stereocenters. The first-order chi connectivity index (χ1) is 30.4. The smallest absolute Gasteiger partial charge is 0.263 e. The number of piperazine rings is 1. The number of carbonyl (C=O) groups excluding carboxylic acids is 3. The van der Waals surface area contributed by atoms with Crippen molar-refractivity contribution in [3.63, 3.8) is 0 Å². The number of pyridine rings is 3. The van der Waals surface area contributed by atoms with E-state index in [9.17, 15) is 19.2 Å². The largest absolute Gasteiger partial charge is 0.378 e. The summed E-state index contributed by atoms with van der Waals surface area (Å²) < 4.78 is 7.77. The number of rotatable bonds is 15. The van der Waals surface area contributed by atoms with Gasteiger partial charge in [-0.15, -0.1) is 10.2 Å². The molecule has 8 rings (SSSR count). The van der Waals surface area contributed by atoms with Crippen LogP contribution in [0.25, 0.3) is 11.0 Å². The van der Waals surface area contributed by atoms with E-state index in [0.717, 1.165) is 44.2 Å². The molecule has 4 N–H and O–H groups in total. The highest BCUT2D eigenvalue weighted by Crippen LogP contribution is 2.33. The van der Waals surface area contributed by atoms with Crippen LogP contribution in [-0.4, -0.2) is 123 Å². The van der Waals surface area contributed by atoms with Crippen molar-refractivity contribution in [3.8, 4) is 0 Å². The summed E-state index contributed by atoms with van der Waals surface area (Å²) in [5.74, 6) is 2.44. The molecule has 5 aromatic rings. The minimum absolute atomic E-state index is 0.00397. The number of Topliss-reactive ketones (excluding diaryl/α,β-unsaturated/α-hetero) is 1. The molecule has 0 bridgehead atoms. The van der Waals surface area contributed by atoms with Gasteiger partial charge in [0.15, 0.2) is 17.4 Å². The van der Waals surface area contributed by atoms with E-state index in [1.54, 1.807) is 55.2 Å². The molecule has 2 aliphatic carbocycles. The number of fused-ring (bicyclic) bond motifs is 1. The fourth-order valence-electron chi connectivity index (χ4n) is 8.47. The van der Waals surface area contributed by atoms with E-state index in [-0.39, 0.29) is 46.9 Å². The summed E-state index contributed by atoms with van der Waals surface area (Å²) in [5, 5.41) is 21.3. The van der Waals surface area contributed by atoms with Crippen LogP contribution < -0.4 is 36.6 Å². The number of nitrogens with zero attached hydrogens (tertiary/aromatic N) is 10. The lowest BCUT2D eigenvalue weighted by molar-refractivity contribution is -0.133. The SMILES string of the molecule is CNc1ccc(C(=O)Nc2ccc(N(C)C)nn2)c(NC2CC(OCCC(=O)N3CCN(c4ccc(Nc5ncc6c(C)c(C(C)=O)c(=O)n(C7CCCC7)c6n5)nc4)CC3)C2)n1. The van der Waals surface area contributed by atoms with Gasteiger partial charge in [-0.05, 0) is 81.5 Å². The van der Waals surface area contributed by atoms with Gasteiger partial charge in [-0.1, -0.05) is 12.8 Å². The summed E-state index contributed by atoms with van der Waals surface area (Å²) >= 11 is 0. The molecule has 1 aliphatic heterocycles. The zero-order valence-electron chi connectivity index (χ0n) is 36.3. The van der Waals surface area contributed by atoms with Gasteiger partial charge in [-0.25, -0.2) is 15.0 Å². The maximum atomic E-state index is 13.6. The third-order valence-electron chi connectivity index (χ3n) is 12.1. The van der Waals surface area contributed by atoms with Gasteiger partial charge in [0.25, 0.3) is 11.5 Å². The van der Waals surface area contributed by atoms with Crippen LogP contribution in [0.15, 0.2) is 53.6 Å². The average molecular weight is 859 g/mol. The van der Waals surface area contributed by atoms with Crippen molar-refractivity contribution < 1.29 is 19.1 Å². The Hall–Kier alpha value is -6.76. The predicted octanol–water partition coefficient (Wildman–Crippen LogP) is 4.80. The molecule has 0 radical (unpaired) electrons. The number of nitrogens with one attached hydrogen (secondary N) is 4. The van der Waals surface area contributed by atoms with Crippen molar-refractivity contribution in [2.45, 2.75) is 77.0 Å². The van der Waals surface area contributed by atoms with E-state index in [2.05, 4.69) is 51.3 Å². The Kier molecular flexibility index (Phi) is 12.7. The number of hydrogen-bond acceptors (Lipinski definition) is 16. The van der Waals surface area contributed by atoms with E-state index in [0.29, 0.717) is 96.4 Å². The molecule has 5 aromatic heterocycles. The second-order valence-corrected chi connectivity index (χ2v) is 16.5. The summed E-state index contributed by atoms with van der Waals surface area (Å²) in [6, 6.07) is 10.8. The van der Waals surface area contributed by atoms with Crippen molar-refractivity contribution >= 4 is 69.4 Å². The number of ketones is 1. The number of anilines is 7. The average Bonchev–Trinajstić information content (AvgIpc) is 3.80. The van der Waals surface area contributed by atoms with Gasteiger partial charge >= 0.3 is 0 Å². The first-order valence-corrected chi connectivity index (χ1v) is 21.5. The van der Waals surface area contributed by atoms with Crippen LogP contribution in [0.4, 0.5) is 40.7 Å². The number of amides is 2. The van der Waals surface area contributed by atoms with Gasteiger partial charge in [0.2, 0.25) is 11.9 Å². The third-order valence-corrected chi connectivity index (χ3v) is 12.1. The summed E-state index contributed by atoms with van der Waals surface area (Å²) in [6.45, 7) is 6.07. The Bertz CT molecular complexity index is 2530. The molecular weight excluding hydrogens is 805 g/mol. The van der Waals surface area contributed by atoms with Gasteiger partial charge in [0, 0.05) is 71.0 Å². The van der Waals surface area contributed by atoms with Crippen molar-refractivity contribution in [1.29, 1.82) is 0 Å². The van der Waals surface area contributed by atoms with Gasteiger partial charge in [-0.3, -0.25) is 23.7 Å². The molecule has 2 saturated carbocycles. The number of hydrogen-bond donors (Lipinski definition) is 4. The summed E-state index contributed by atoms with van der Waals surface area (Å²) in [7, 11) is 5.51. The Labute approximate surface area is 365 Å². The zero-order chi connectivity index (χ0) is 44.2. The lowest BCUT2D eigenvalue weighted by Crippen LogP contribution is -2.49. The molecule has 0 spiro atoms. The first kappa shape index (κ1) is 42.9. The molecule has 1 saturated heterocycles. The highest BCUT2D eigenvalue weighted by atomic mass is 16.5. The predicted molar refractivity (Wildman–Crippen MR) is 241 cm³/mol. The van der Waals surface area contributed by atoms with Gasteiger partial charge in [0.05, 0.1) is 42.1 Å². The van der Waals surface area contributed by atoms with Crippen LogP contribution in [0.1, 0.15) is 84.2 Å². The molecule has 0 unspecified atom stereocenters. The Morgan fingerprint density at radius 1 is 0.889 bits per heavy atom. The van der Waals surface area contributed by atoms with E-state index >= 15 is 0 Å². The first-order valence-electron chi connectivity index (χ1n) is 21.5. The molecule has 63 heavy (non-hydrogen) atoms. The highest BCUT2D eigenvalue weighted by Gasteiger charge is 2.32. The van der Waals surface area contributed by atoms with Crippen molar-refractivity contribution in [3.05, 3.63) is 75.8 Å². The number of ether oxygens (including phenoxy) is 1. The van der Waals surface area contributed by atoms with Crippen LogP contribution in [0, 0.1) is 6.92 Å². The second kappa shape index (κ2) is 18.7. The highest BCUT2D eigenvalue weighted by molar-refractivity contribution is 6.07. The summed E-state index contributed by atoms with van der Waals surface area (Å²) in [5.41, 5.74) is 2.36. The second-order valence-electron chi connectivity index (χ2n) is 16.5. The van der Waals surface area contributed by atoms with Crippen LogP contribution in [0.2, 0.25) is 0 Å². The summed E-state index contributed by atoms with van der Waals surface area (Å²) in [6.07, 6.45) is 9.00. The maximum Gasteiger partial charge on any atom is 0.263 e. The number of aryl methyl sites for hydroxylation is 1. The monoisotopic (exact) mass is 858 g/mol. The van der Waals surface area contributed by atoms with E-state index < -0.39 is 0 Å². The molecule has 3 aliphatic rings. The number of aromatic nitrogens is 7. The molecule has 19 heteroatoms. The molecule has 330 valence electrons. The maximum absolute atomic E-state index is 13.6. The molecule has 2 amide bonds. The van der Waals surface area contributed by atoms with Crippen LogP contribution >= 0.6 is 0 Å².